The van der Waals surface area contributed by atoms with Crippen molar-refractivity contribution in [2.24, 2.45) is 0 Å². The maximum Gasteiger partial charge on any atom is 0.303 e. The summed E-state index contributed by atoms with van der Waals surface area (Å²) in [6.45, 7) is 1.89. The Morgan fingerprint density at radius 3 is 2.24 bits per heavy atom. The van der Waals surface area contributed by atoms with Gasteiger partial charge in [0.2, 0.25) is 0 Å². The van der Waals surface area contributed by atoms with Crippen molar-refractivity contribution in [1.82, 2.24) is 0 Å². The van der Waals surface area contributed by atoms with E-state index in [9.17, 15) is 13.2 Å². The third kappa shape index (κ3) is 4.02. The fraction of sp³-hybridized carbons (Fsp3) is 0.364. The molecule has 0 aliphatic heterocycles. The highest BCUT2D eigenvalue weighted by molar-refractivity contribution is 8.13. The lowest BCUT2D eigenvalue weighted by atomic mass is 9.93. The van der Waals surface area contributed by atoms with E-state index >= 15 is 0 Å². The molecule has 1 atom stereocenters. The predicted molar refractivity (Wildman–Crippen MR) is 64.8 cm³/mol. The minimum atomic E-state index is -3.72. The monoisotopic (exact) mass is 276 g/mol. The number of rotatable bonds is 5. The molecular formula is C11H13ClO4S. The van der Waals surface area contributed by atoms with E-state index in [1.165, 1.54) is 12.1 Å². The molecule has 0 aliphatic rings. The summed E-state index contributed by atoms with van der Waals surface area (Å²) in [6, 6.07) is 5.99. The number of carboxylic acids is 1. The first-order chi connectivity index (χ1) is 7.84. The van der Waals surface area contributed by atoms with Gasteiger partial charge in [-0.25, -0.2) is 8.42 Å². The normalized spacial score (nSPS) is 13.3. The Morgan fingerprint density at radius 1 is 1.35 bits per heavy atom. The average molecular weight is 277 g/mol. The number of hydrogen-bond acceptors (Lipinski definition) is 3. The van der Waals surface area contributed by atoms with Crippen molar-refractivity contribution in [1.29, 1.82) is 0 Å². The lowest BCUT2D eigenvalue weighted by molar-refractivity contribution is -0.137. The first kappa shape index (κ1) is 14.0. The summed E-state index contributed by atoms with van der Waals surface area (Å²) >= 11 is 0. The smallest absolute Gasteiger partial charge is 0.303 e. The second-order valence-electron chi connectivity index (χ2n) is 3.71. The molecule has 0 saturated carbocycles. The van der Waals surface area contributed by atoms with Crippen LogP contribution in [0.15, 0.2) is 29.2 Å². The maximum absolute atomic E-state index is 11.0. The molecule has 0 aromatic heterocycles. The molecule has 17 heavy (non-hydrogen) atoms. The Hall–Kier alpha value is -1.07. The number of aliphatic carboxylic acids is 1. The van der Waals surface area contributed by atoms with Gasteiger partial charge in [0.1, 0.15) is 0 Å². The van der Waals surface area contributed by atoms with E-state index in [0.717, 1.165) is 5.56 Å². The van der Waals surface area contributed by atoms with Gasteiger partial charge in [-0.2, -0.15) is 0 Å². The summed E-state index contributed by atoms with van der Waals surface area (Å²) in [4.78, 5) is 10.7. The second kappa shape index (κ2) is 5.51. The van der Waals surface area contributed by atoms with Crippen LogP contribution < -0.4 is 0 Å². The fourth-order valence-corrected chi connectivity index (χ4v) is 2.38. The van der Waals surface area contributed by atoms with Gasteiger partial charge in [0.15, 0.2) is 0 Å². The van der Waals surface area contributed by atoms with Gasteiger partial charge in [0.25, 0.3) is 9.05 Å². The highest BCUT2D eigenvalue weighted by Crippen LogP contribution is 2.25. The minimum absolute atomic E-state index is 0.0214. The van der Waals surface area contributed by atoms with Gasteiger partial charge < -0.3 is 5.11 Å². The van der Waals surface area contributed by atoms with Crippen LogP contribution in [0.1, 0.15) is 31.2 Å². The predicted octanol–water partition coefficient (Wildman–Crippen LogP) is 2.58. The molecule has 1 unspecified atom stereocenters. The van der Waals surface area contributed by atoms with Crippen molar-refractivity contribution in [3.63, 3.8) is 0 Å². The van der Waals surface area contributed by atoms with E-state index in [-0.39, 0.29) is 17.2 Å². The topological polar surface area (TPSA) is 71.4 Å². The van der Waals surface area contributed by atoms with Crippen LogP contribution in [0.2, 0.25) is 0 Å². The summed E-state index contributed by atoms with van der Waals surface area (Å²) < 4.78 is 22.1. The van der Waals surface area contributed by atoms with Crippen LogP contribution in [0.25, 0.3) is 0 Å². The van der Waals surface area contributed by atoms with Crippen LogP contribution in [0.4, 0.5) is 0 Å². The van der Waals surface area contributed by atoms with E-state index in [2.05, 4.69) is 0 Å². The Kier molecular flexibility index (Phi) is 4.54. The fourth-order valence-electron chi connectivity index (χ4n) is 1.61. The summed E-state index contributed by atoms with van der Waals surface area (Å²) in [5.41, 5.74) is 0.805. The third-order valence-electron chi connectivity index (χ3n) is 2.55. The van der Waals surface area contributed by atoms with Gasteiger partial charge in [-0.15, -0.1) is 0 Å². The largest absolute Gasteiger partial charge is 0.481 e. The van der Waals surface area contributed by atoms with Crippen molar-refractivity contribution >= 4 is 25.7 Å². The maximum atomic E-state index is 11.0. The third-order valence-corrected chi connectivity index (χ3v) is 3.92. The number of hydrogen-bond donors (Lipinski definition) is 1. The zero-order chi connectivity index (χ0) is 13.1. The zero-order valence-corrected chi connectivity index (χ0v) is 10.8. The van der Waals surface area contributed by atoms with Gasteiger partial charge in [-0.1, -0.05) is 19.1 Å². The standard InChI is InChI=1S/C11H13ClO4S/c1-2-8(7-11(13)14)9-3-5-10(6-4-9)17(12,15)16/h3-6,8H,2,7H2,1H3,(H,13,14). The number of benzene rings is 1. The Morgan fingerprint density at radius 2 is 1.88 bits per heavy atom. The quantitative estimate of drug-likeness (QED) is 0.839. The van der Waals surface area contributed by atoms with Crippen LogP contribution >= 0.6 is 10.7 Å². The molecule has 6 heteroatoms. The van der Waals surface area contributed by atoms with E-state index in [1.54, 1.807) is 12.1 Å². The highest BCUT2D eigenvalue weighted by atomic mass is 35.7. The molecule has 1 N–H and O–H groups in total. The molecule has 1 aromatic carbocycles. The first-order valence-corrected chi connectivity index (χ1v) is 7.42. The SMILES string of the molecule is CCC(CC(=O)O)c1ccc(S(=O)(=O)Cl)cc1. The van der Waals surface area contributed by atoms with Gasteiger partial charge >= 0.3 is 5.97 Å². The number of carbonyl (C=O) groups is 1. The van der Waals surface area contributed by atoms with Crippen LogP contribution in [-0.2, 0) is 13.8 Å². The van der Waals surface area contributed by atoms with Crippen molar-refractivity contribution in [2.75, 3.05) is 0 Å². The van der Waals surface area contributed by atoms with Crippen molar-refractivity contribution in [3.05, 3.63) is 29.8 Å². The van der Waals surface area contributed by atoms with Crippen molar-refractivity contribution in [2.45, 2.75) is 30.6 Å². The van der Waals surface area contributed by atoms with Gasteiger partial charge in [-0.3, -0.25) is 4.79 Å². The molecule has 0 amide bonds. The van der Waals surface area contributed by atoms with Crippen molar-refractivity contribution in [3.8, 4) is 0 Å². The van der Waals surface area contributed by atoms with Crippen LogP contribution in [-0.4, -0.2) is 19.5 Å². The molecule has 0 spiro atoms. The van der Waals surface area contributed by atoms with Crippen molar-refractivity contribution < 1.29 is 18.3 Å². The van der Waals surface area contributed by atoms with E-state index < -0.39 is 15.0 Å². The highest BCUT2D eigenvalue weighted by Gasteiger charge is 2.15. The lowest BCUT2D eigenvalue weighted by Gasteiger charge is -2.12. The molecule has 0 bridgehead atoms. The molecule has 0 aliphatic carbocycles. The average Bonchev–Trinajstić information content (AvgIpc) is 2.24. The molecule has 1 rings (SSSR count). The van der Waals surface area contributed by atoms with Gasteiger partial charge in [0.05, 0.1) is 11.3 Å². The van der Waals surface area contributed by atoms with Gasteiger partial charge in [0, 0.05) is 10.7 Å². The summed E-state index contributed by atoms with van der Waals surface area (Å²) in [7, 11) is 1.47. The van der Waals surface area contributed by atoms with Crippen LogP contribution in [0.3, 0.4) is 0 Å². The molecular weight excluding hydrogens is 264 g/mol. The zero-order valence-electron chi connectivity index (χ0n) is 9.26. The van der Waals surface area contributed by atoms with E-state index in [1.807, 2.05) is 6.92 Å². The lowest BCUT2D eigenvalue weighted by Crippen LogP contribution is -2.05. The first-order valence-electron chi connectivity index (χ1n) is 5.11. The van der Waals surface area contributed by atoms with Gasteiger partial charge in [-0.05, 0) is 30.0 Å². The van der Waals surface area contributed by atoms with Crippen LogP contribution in [0.5, 0.6) is 0 Å². The second-order valence-corrected chi connectivity index (χ2v) is 6.28. The number of carboxylic acid groups (broad SMARTS) is 1. The molecule has 4 nitrogen and oxygen atoms in total. The Labute approximate surface area is 105 Å². The molecule has 0 saturated heterocycles. The molecule has 0 radical (unpaired) electrons. The minimum Gasteiger partial charge on any atom is -0.481 e. The molecule has 0 heterocycles. The van der Waals surface area contributed by atoms with Crippen LogP contribution in [0, 0.1) is 0 Å². The molecule has 0 fully saturated rings. The number of halogens is 1. The van der Waals surface area contributed by atoms with E-state index in [0.29, 0.717) is 6.42 Å². The Bertz CT molecular complexity index is 493. The summed E-state index contributed by atoms with van der Waals surface area (Å²) in [5, 5.41) is 8.74. The summed E-state index contributed by atoms with van der Waals surface area (Å²) in [5.74, 6) is -0.981. The van der Waals surface area contributed by atoms with E-state index in [4.69, 9.17) is 15.8 Å². The Balaban J connectivity index is 2.97. The molecule has 1 aromatic rings. The summed E-state index contributed by atoms with van der Waals surface area (Å²) in [6.07, 6.45) is 0.711. The molecule has 94 valence electrons.